The molecule has 192 valence electrons. The maximum atomic E-state index is 6.08. The van der Waals surface area contributed by atoms with Crippen molar-refractivity contribution < 1.29 is 9.47 Å². The third-order valence-electron chi connectivity index (χ3n) is 5.34. The maximum Gasteiger partial charge on any atom is 0.184 e. The van der Waals surface area contributed by atoms with Crippen LogP contribution in [0.3, 0.4) is 0 Å². The second kappa shape index (κ2) is 15.0. The molecule has 0 bridgehead atoms. The maximum absolute atomic E-state index is 6.08. The van der Waals surface area contributed by atoms with E-state index in [2.05, 4.69) is 34.9 Å². The summed E-state index contributed by atoms with van der Waals surface area (Å²) in [5, 5.41) is 8.09. The molecule has 0 fully saturated rings. The number of nitrogens with two attached hydrogens (primary N) is 1. The normalized spacial score (nSPS) is 15.9. The topological polar surface area (TPSA) is 68.5 Å². The minimum Gasteiger partial charge on any atom is -0.481 e. The van der Waals surface area contributed by atoms with Crippen molar-refractivity contribution in [1.29, 1.82) is 0 Å². The van der Waals surface area contributed by atoms with E-state index in [1.807, 2.05) is 43.3 Å². The lowest BCUT2D eigenvalue weighted by atomic mass is 10.1. The Labute approximate surface area is 235 Å². The van der Waals surface area contributed by atoms with Crippen molar-refractivity contribution in [2.75, 3.05) is 0 Å². The van der Waals surface area contributed by atoms with E-state index >= 15 is 0 Å². The fourth-order valence-electron chi connectivity index (χ4n) is 3.56. The van der Waals surface area contributed by atoms with Gasteiger partial charge in [0, 0.05) is 26.2 Å². The predicted octanol–water partition coefficient (Wildman–Crippen LogP) is 6.28. The number of hydrogen-bond acceptors (Lipinski definition) is 5. The molecule has 4 N–H and O–H groups in total. The third-order valence-corrected chi connectivity index (χ3v) is 6.08. The first kappa shape index (κ1) is 31.6. The minimum absolute atomic E-state index is 0. The lowest BCUT2D eigenvalue weighted by molar-refractivity contribution is 0.0355. The van der Waals surface area contributed by atoms with Gasteiger partial charge in [-0.05, 0) is 53.4 Å². The molecule has 0 spiro atoms. The molecular weight excluding hydrogens is 552 g/mol. The first-order valence-electron chi connectivity index (χ1n) is 10.6. The number of nitrogens with one attached hydrogen (secondary N) is 2. The molecule has 2 atom stereocenters. The lowest BCUT2D eigenvalue weighted by Crippen LogP contribution is -2.44. The fraction of sp³-hybridized carbons (Fsp3) is 0.280. The van der Waals surface area contributed by atoms with E-state index in [0.717, 1.165) is 43.1 Å². The summed E-state index contributed by atoms with van der Waals surface area (Å²) in [6.07, 6.45) is -0.601. The Balaban J connectivity index is 0.00000204. The fourth-order valence-corrected chi connectivity index (χ4v) is 3.88. The van der Waals surface area contributed by atoms with Crippen LogP contribution in [0.15, 0.2) is 60.7 Å². The zero-order valence-electron chi connectivity index (χ0n) is 19.1. The third kappa shape index (κ3) is 8.88. The van der Waals surface area contributed by atoms with Gasteiger partial charge in [-0.15, -0.1) is 37.2 Å². The van der Waals surface area contributed by atoms with Crippen molar-refractivity contribution in [3.8, 4) is 11.5 Å². The van der Waals surface area contributed by atoms with Crippen LogP contribution in [0.5, 0.6) is 11.5 Å². The van der Waals surface area contributed by atoms with Gasteiger partial charge >= 0.3 is 0 Å². The number of benzene rings is 3. The van der Waals surface area contributed by atoms with Gasteiger partial charge in [0.1, 0.15) is 6.10 Å². The van der Waals surface area contributed by atoms with Crippen LogP contribution in [0, 0.1) is 0 Å². The van der Waals surface area contributed by atoms with E-state index in [1.165, 1.54) is 11.1 Å². The van der Waals surface area contributed by atoms with Crippen LogP contribution in [-0.4, -0.2) is 12.3 Å². The van der Waals surface area contributed by atoms with Crippen molar-refractivity contribution in [3.63, 3.8) is 0 Å². The number of fused-ring (bicyclic) bond motifs is 1. The molecule has 10 heteroatoms. The van der Waals surface area contributed by atoms with Crippen molar-refractivity contribution in [2.24, 2.45) is 5.73 Å². The predicted molar refractivity (Wildman–Crippen MR) is 151 cm³/mol. The van der Waals surface area contributed by atoms with Gasteiger partial charge in [0.2, 0.25) is 0 Å². The Hall–Kier alpha value is -1.41. The van der Waals surface area contributed by atoms with Gasteiger partial charge in [-0.3, -0.25) is 5.73 Å². The van der Waals surface area contributed by atoms with Crippen LogP contribution in [0.2, 0.25) is 10.0 Å². The largest absolute Gasteiger partial charge is 0.481 e. The Morgan fingerprint density at radius 1 is 0.686 bits per heavy atom. The van der Waals surface area contributed by atoms with E-state index in [4.69, 9.17) is 38.4 Å². The molecule has 4 rings (SSSR count). The lowest BCUT2D eigenvalue weighted by Gasteiger charge is -2.29. The van der Waals surface area contributed by atoms with Gasteiger partial charge in [0.05, 0.1) is 10.0 Å². The van der Waals surface area contributed by atoms with Gasteiger partial charge in [-0.2, -0.15) is 0 Å². The Morgan fingerprint density at radius 2 is 1.23 bits per heavy atom. The highest BCUT2D eigenvalue weighted by molar-refractivity contribution is 6.42. The summed E-state index contributed by atoms with van der Waals surface area (Å²) in [4.78, 5) is 0. The van der Waals surface area contributed by atoms with E-state index < -0.39 is 6.23 Å². The molecule has 35 heavy (non-hydrogen) atoms. The summed E-state index contributed by atoms with van der Waals surface area (Å²) in [5.41, 5.74) is 10.6. The first-order chi connectivity index (χ1) is 15.5. The molecule has 1 heterocycles. The van der Waals surface area contributed by atoms with E-state index in [-0.39, 0.29) is 43.3 Å². The summed E-state index contributed by atoms with van der Waals surface area (Å²) in [6.45, 7) is 4.90. The Kier molecular flexibility index (Phi) is 13.5. The molecule has 0 aliphatic carbocycles. The number of rotatable bonds is 8. The summed E-state index contributed by atoms with van der Waals surface area (Å²) >= 11 is 12.1. The zero-order chi connectivity index (χ0) is 22.5. The van der Waals surface area contributed by atoms with E-state index in [1.54, 1.807) is 0 Å². The number of ether oxygens (including phenoxy) is 2. The van der Waals surface area contributed by atoms with Crippen molar-refractivity contribution in [3.05, 3.63) is 93.0 Å². The van der Waals surface area contributed by atoms with Crippen LogP contribution in [-0.2, 0) is 26.2 Å². The number of halogens is 5. The van der Waals surface area contributed by atoms with Gasteiger partial charge in [0.15, 0.2) is 17.7 Å². The van der Waals surface area contributed by atoms with Gasteiger partial charge in [-0.25, -0.2) is 0 Å². The Morgan fingerprint density at radius 3 is 1.83 bits per heavy atom. The average molecular weight is 582 g/mol. The standard InChI is InChI=1S/C25H27Cl2N3O2.3ClH/c1-16-25(28)32-24-11-20(6-8-23(24)31-16)15-30-13-18-4-2-3-17(9-18)12-29-14-19-5-7-21(26)22(27)10-19;;;/h2-11,16,25,29-30H,12-15,28H2,1H3;3*1H. The second-order valence-corrected chi connectivity index (χ2v) is 8.78. The highest BCUT2D eigenvalue weighted by atomic mass is 35.5. The van der Waals surface area contributed by atoms with Crippen LogP contribution < -0.4 is 25.8 Å². The van der Waals surface area contributed by atoms with Crippen molar-refractivity contribution in [1.82, 2.24) is 10.6 Å². The number of hydrogen-bond donors (Lipinski definition) is 3. The minimum atomic E-state index is -0.446. The quantitative estimate of drug-likeness (QED) is 0.292. The van der Waals surface area contributed by atoms with Crippen LogP contribution in [0.25, 0.3) is 0 Å². The van der Waals surface area contributed by atoms with E-state index in [0.29, 0.717) is 15.8 Å². The van der Waals surface area contributed by atoms with Crippen LogP contribution >= 0.6 is 60.4 Å². The Bertz CT molecular complexity index is 1090. The SMILES string of the molecule is CC1Oc2ccc(CNCc3cccc(CNCc4ccc(Cl)c(Cl)c4)c3)cc2OC1N.Cl.Cl.Cl. The average Bonchev–Trinajstić information content (AvgIpc) is 2.77. The molecule has 0 saturated heterocycles. The summed E-state index contributed by atoms with van der Waals surface area (Å²) in [6, 6.07) is 20.2. The molecule has 0 radical (unpaired) electrons. The highest BCUT2D eigenvalue weighted by Crippen LogP contribution is 2.33. The summed E-state index contributed by atoms with van der Waals surface area (Å²) < 4.78 is 11.5. The smallest absolute Gasteiger partial charge is 0.184 e. The van der Waals surface area contributed by atoms with Gasteiger partial charge in [-0.1, -0.05) is 59.6 Å². The molecule has 3 aromatic carbocycles. The van der Waals surface area contributed by atoms with Crippen molar-refractivity contribution >= 4 is 60.4 Å². The molecule has 1 aliphatic heterocycles. The summed E-state index contributed by atoms with van der Waals surface area (Å²) in [7, 11) is 0. The molecule has 3 aromatic rings. The first-order valence-corrected chi connectivity index (χ1v) is 11.4. The molecule has 5 nitrogen and oxygen atoms in total. The van der Waals surface area contributed by atoms with Gasteiger partial charge in [0.25, 0.3) is 0 Å². The highest BCUT2D eigenvalue weighted by Gasteiger charge is 2.24. The monoisotopic (exact) mass is 579 g/mol. The van der Waals surface area contributed by atoms with Crippen LogP contribution in [0.1, 0.15) is 29.2 Å². The zero-order valence-corrected chi connectivity index (χ0v) is 23.1. The molecule has 2 unspecified atom stereocenters. The molecule has 0 aromatic heterocycles. The van der Waals surface area contributed by atoms with Crippen LogP contribution in [0.4, 0.5) is 0 Å². The summed E-state index contributed by atoms with van der Waals surface area (Å²) in [5.74, 6) is 1.44. The molecule has 0 amide bonds. The van der Waals surface area contributed by atoms with E-state index in [9.17, 15) is 0 Å². The van der Waals surface area contributed by atoms with Gasteiger partial charge < -0.3 is 20.1 Å². The van der Waals surface area contributed by atoms with Crippen molar-refractivity contribution in [2.45, 2.75) is 45.4 Å². The molecule has 0 saturated carbocycles. The molecule has 1 aliphatic rings. The molecular formula is C25H30Cl5N3O2. The second-order valence-electron chi connectivity index (χ2n) is 7.96.